The smallest absolute Gasteiger partial charge is 0.305 e. The van der Waals surface area contributed by atoms with E-state index >= 15 is 0 Å². The average Bonchev–Trinajstić information content (AvgIpc) is 2.52. The molecule has 126 valence electrons. The predicted octanol–water partition coefficient (Wildman–Crippen LogP) is 1.99. The summed E-state index contributed by atoms with van der Waals surface area (Å²) in [6.07, 6.45) is 1.90. The van der Waals surface area contributed by atoms with Crippen molar-refractivity contribution in [1.29, 1.82) is 0 Å². The minimum Gasteiger partial charge on any atom is -0.494 e. The molecule has 1 saturated heterocycles. The van der Waals surface area contributed by atoms with E-state index in [0.29, 0.717) is 45.5 Å². The van der Waals surface area contributed by atoms with Crippen LogP contribution in [0.5, 0.6) is 5.75 Å². The Morgan fingerprint density at radius 1 is 1.22 bits per heavy atom. The fraction of sp³-hybridized carbons (Fsp3) is 0.529. The molecule has 0 spiro atoms. The quantitative estimate of drug-likeness (QED) is 0.715. The molecule has 1 aliphatic rings. The SMILES string of the molecule is O=C(O)CC1(NC(=O)CCCOc2ccccc2)CCOCC1. The van der Waals surface area contributed by atoms with Crippen molar-refractivity contribution in [3.05, 3.63) is 30.3 Å². The van der Waals surface area contributed by atoms with Crippen molar-refractivity contribution in [2.24, 2.45) is 0 Å². The summed E-state index contributed by atoms with van der Waals surface area (Å²) in [5, 5.41) is 12.0. The van der Waals surface area contributed by atoms with Crippen molar-refractivity contribution in [2.75, 3.05) is 19.8 Å². The highest BCUT2D eigenvalue weighted by molar-refractivity contribution is 5.78. The summed E-state index contributed by atoms with van der Waals surface area (Å²) < 4.78 is 10.8. The molecule has 1 amide bonds. The van der Waals surface area contributed by atoms with Crippen LogP contribution in [-0.2, 0) is 14.3 Å². The first-order chi connectivity index (χ1) is 11.1. The van der Waals surface area contributed by atoms with E-state index in [9.17, 15) is 9.59 Å². The summed E-state index contributed by atoms with van der Waals surface area (Å²) in [7, 11) is 0. The molecule has 0 radical (unpaired) electrons. The Morgan fingerprint density at radius 3 is 2.57 bits per heavy atom. The zero-order chi connectivity index (χ0) is 16.5. The molecular formula is C17H23NO5. The number of carboxylic acids is 1. The van der Waals surface area contributed by atoms with E-state index in [-0.39, 0.29) is 12.3 Å². The van der Waals surface area contributed by atoms with Crippen LogP contribution in [0.15, 0.2) is 30.3 Å². The van der Waals surface area contributed by atoms with Gasteiger partial charge < -0.3 is 19.9 Å². The Hall–Kier alpha value is -2.08. The molecule has 1 aliphatic heterocycles. The van der Waals surface area contributed by atoms with Crippen molar-refractivity contribution in [1.82, 2.24) is 5.32 Å². The number of rotatable bonds is 8. The van der Waals surface area contributed by atoms with Gasteiger partial charge in [0.25, 0.3) is 0 Å². The zero-order valence-electron chi connectivity index (χ0n) is 13.1. The second-order valence-corrected chi connectivity index (χ2v) is 5.78. The molecule has 0 aromatic heterocycles. The zero-order valence-corrected chi connectivity index (χ0v) is 13.1. The predicted molar refractivity (Wildman–Crippen MR) is 84.4 cm³/mol. The van der Waals surface area contributed by atoms with Crippen LogP contribution in [-0.4, -0.2) is 42.3 Å². The molecule has 0 aliphatic carbocycles. The van der Waals surface area contributed by atoms with Crippen LogP contribution in [0.1, 0.15) is 32.1 Å². The maximum atomic E-state index is 12.1. The average molecular weight is 321 g/mol. The van der Waals surface area contributed by atoms with Crippen LogP contribution in [0, 0.1) is 0 Å². The standard InChI is InChI=1S/C17H23NO5/c19-15(7-4-10-23-14-5-2-1-3-6-14)18-17(13-16(20)21)8-11-22-12-9-17/h1-3,5-6H,4,7-13H2,(H,18,19)(H,20,21). The summed E-state index contributed by atoms with van der Waals surface area (Å²) in [6.45, 7) is 1.40. The minimum absolute atomic E-state index is 0.0668. The van der Waals surface area contributed by atoms with Gasteiger partial charge in [-0.15, -0.1) is 0 Å². The van der Waals surface area contributed by atoms with E-state index in [2.05, 4.69) is 5.32 Å². The fourth-order valence-corrected chi connectivity index (χ4v) is 2.70. The molecule has 1 heterocycles. The van der Waals surface area contributed by atoms with Gasteiger partial charge in [0.15, 0.2) is 0 Å². The lowest BCUT2D eigenvalue weighted by Crippen LogP contribution is -2.53. The Labute approximate surface area is 135 Å². The lowest BCUT2D eigenvalue weighted by Gasteiger charge is -2.36. The lowest BCUT2D eigenvalue weighted by molar-refractivity contribution is -0.140. The Kier molecular flexibility index (Phi) is 6.40. The maximum absolute atomic E-state index is 12.1. The Balaban J connectivity index is 1.74. The highest BCUT2D eigenvalue weighted by Crippen LogP contribution is 2.24. The second kappa shape index (κ2) is 8.53. The first-order valence-electron chi connectivity index (χ1n) is 7.88. The molecule has 0 bridgehead atoms. The van der Waals surface area contributed by atoms with E-state index in [1.54, 1.807) is 0 Å². The largest absolute Gasteiger partial charge is 0.494 e. The van der Waals surface area contributed by atoms with E-state index in [4.69, 9.17) is 14.6 Å². The summed E-state index contributed by atoms with van der Waals surface area (Å²) in [6, 6.07) is 9.43. The second-order valence-electron chi connectivity index (χ2n) is 5.78. The highest BCUT2D eigenvalue weighted by Gasteiger charge is 2.36. The third-order valence-electron chi connectivity index (χ3n) is 3.90. The molecule has 0 saturated carbocycles. The number of carbonyl (C=O) groups is 2. The summed E-state index contributed by atoms with van der Waals surface area (Å²) in [4.78, 5) is 23.2. The third-order valence-corrected chi connectivity index (χ3v) is 3.90. The van der Waals surface area contributed by atoms with Gasteiger partial charge in [-0.2, -0.15) is 0 Å². The van der Waals surface area contributed by atoms with Crippen molar-refractivity contribution >= 4 is 11.9 Å². The first kappa shape index (κ1) is 17.3. The molecule has 0 atom stereocenters. The third kappa shape index (κ3) is 5.90. The Morgan fingerprint density at radius 2 is 1.91 bits per heavy atom. The first-order valence-corrected chi connectivity index (χ1v) is 7.88. The van der Waals surface area contributed by atoms with Crippen molar-refractivity contribution in [3.8, 4) is 5.75 Å². The van der Waals surface area contributed by atoms with Gasteiger partial charge in [-0.05, 0) is 31.4 Å². The molecule has 1 fully saturated rings. The number of carboxylic acid groups (broad SMARTS) is 1. The van der Waals surface area contributed by atoms with E-state index in [0.717, 1.165) is 5.75 Å². The van der Waals surface area contributed by atoms with Gasteiger partial charge in [0.1, 0.15) is 5.75 Å². The van der Waals surface area contributed by atoms with Crippen LogP contribution >= 0.6 is 0 Å². The van der Waals surface area contributed by atoms with Gasteiger partial charge in [-0.25, -0.2) is 0 Å². The minimum atomic E-state index is -0.903. The number of ether oxygens (including phenoxy) is 2. The molecule has 23 heavy (non-hydrogen) atoms. The molecule has 1 aromatic rings. The van der Waals surface area contributed by atoms with Gasteiger partial charge in [-0.3, -0.25) is 9.59 Å². The van der Waals surface area contributed by atoms with Crippen LogP contribution in [0.3, 0.4) is 0 Å². The van der Waals surface area contributed by atoms with Crippen LogP contribution in [0.25, 0.3) is 0 Å². The number of nitrogens with one attached hydrogen (secondary N) is 1. The van der Waals surface area contributed by atoms with Crippen molar-refractivity contribution in [2.45, 2.75) is 37.6 Å². The van der Waals surface area contributed by atoms with Crippen LogP contribution < -0.4 is 10.1 Å². The molecule has 2 N–H and O–H groups in total. The molecule has 6 heteroatoms. The van der Waals surface area contributed by atoms with Crippen LogP contribution in [0.2, 0.25) is 0 Å². The maximum Gasteiger partial charge on any atom is 0.305 e. The summed E-state index contributed by atoms with van der Waals surface area (Å²) in [5.74, 6) is -0.260. The molecule has 1 aromatic carbocycles. The molecule has 2 rings (SSSR count). The summed E-state index contributed by atoms with van der Waals surface area (Å²) >= 11 is 0. The Bertz CT molecular complexity index is 511. The van der Waals surface area contributed by atoms with Crippen LogP contribution in [0.4, 0.5) is 0 Å². The highest BCUT2D eigenvalue weighted by atomic mass is 16.5. The number of para-hydroxylation sites is 1. The monoisotopic (exact) mass is 321 g/mol. The number of carbonyl (C=O) groups excluding carboxylic acids is 1. The molecule has 6 nitrogen and oxygen atoms in total. The van der Waals surface area contributed by atoms with Gasteiger partial charge in [0.2, 0.25) is 5.91 Å². The molecular weight excluding hydrogens is 298 g/mol. The number of amides is 1. The number of benzene rings is 1. The molecule has 0 unspecified atom stereocenters. The number of hydrogen-bond acceptors (Lipinski definition) is 4. The fourth-order valence-electron chi connectivity index (χ4n) is 2.70. The van der Waals surface area contributed by atoms with Crippen molar-refractivity contribution < 1.29 is 24.2 Å². The van der Waals surface area contributed by atoms with Crippen molar-refractivity contribution in [3.63, 3.8) is 0 Å². The van der Waals surface area contributed by atoms with Gasteiger partial charge in [-0.1, -0.05) is 18.2 Å². The van der Waals surface area contributed by atoms with Gasteiger partial charge >= 0.3 is 5.97 Å². The van der Waals surface area contributed by atoms with E-state index < -0.39 is 11.5 Å². The van der Waals surface area contributed by atoms with Gasteiger partial charge in [0, 0.05) is 19.6 Å². The topological polar surface area (TPSA) is 84.9 Å². The normalized spacial score (nSPS) is 16.5. The number of hydrogen-bond donors (Lipinski definition) is 2. The number of aliphatic carboxylic acids is 1. The lowest BCUT2D eigenvalue weighted by atomic mass is 9.86. The van der Waals surface area contributed by atoms with E-state index in [1.807, 2.05) is 30.3 Å². The van der Waals surface area contributed by atoms with Gasteiger partial charge in [0.05, 0.1) is 18.6 Å². The summed E-state index contributed by atoms with van der Waals surface area (Å²) in [5.41, 5.74) is -0.679. The van der Waals surface area contributed by atoms with E-state index in [1.165, 1.54) is 0 Å².